The SMILES string of the molecule is CCOC(=O)c1ccc(C2=Nc3ccccc3Oc3ccc(OC)cc32)cc1. The molecule has 4 rings (SSSR count). The monoisotopic (exact) mass is 373 g/mol. The van der Waals surface area contributed by atoms with E-state index in [4.69, 9.17) is 19.2 Å². The number of carbonyl (C=O) groups is 1. The minimum Gasteiger partial charge on any atom is -0.497 e. The summed E-state index contributed by atoms with van der Waals surface area (Å²) in [5.74, 6) is 1.75. The molecule has 0 saturated carbocycles. The third-order valence-electron chi connectivity index (χ3n) is 4.43. The van der Waals surface area contributed by atoms with Crippen molar-refractivity contribution < 1.29 is 19.0 Å². The largest absolute Gasteiger partial charge is 0.497 e. The number of aliphatic imine (C=N–C) groups is 1. The highest BCUT2D eigenvalue weighted by molar-refractivity contribution is 6.16. The topological polar surface area (TPSA) is 57.1 Å². The van der Waals surface area contributed by atoms with Crippen LogP contribution in [-0.4, -0.2) is 25.4 Å². The molecule has 5 nitrogen and oxygen atoms in total. The smallest absolute Gasteiger partial charge is 0.338 e. The summed E-state index contributed by atoms with van der Waals surface area (Å²) in [7, 11) is 1.62. The molecule has 28 heavy (non-hydrogen) atoms. The number of hydrogen-bond acceptors (Lipinski definition) is 5. The van der Waals surface area contributed by atoms with Crippen LogP contribution in [0.1, 0.15) is 28.4 Å². The lowest BCUT2D eigenvalue weighted by molar-refractivity contribution is 0.0526. The fourth-order valence-corrected chi connectivity index (χ4v) is 3.04. The van der Waals surface area contributed by atoms with E-state index in [2.05, 4.69) is 0 Å². The molecule has 0 spiro atoms. The lowest BCUT2D eigenvalue weighted by atomic mass is 9.99. The second kappa shape index (κ2) is 7.56. The predicted octanol–water partition coefficient (Wildman–Crippen LogP) is 5.15. The van der Waals surface area contributed by atoms with Crippen LogP contribution in [0.2, 0.25) is 0 Å². The van der Waals surface area contributed by atoms with Gasteiger partial charge in [-0.2, -0.15) is 0 Å². The zero-order chi connectivity index (χ0) is 19.5. The third-order valence-corrected chi connectivity index (χ3v) is 4.43. The number of esters is 1. The lowest BCUT2D eigenvalue weighted by Crippen LogP contribution is -2.07. The standard InChI is InChI=1S/C23H19NO4/c1-3-27-23(25)16-10-8-15(9-11-16)22-18-14-17(26-2)12-13-20(18)28-21-7-5-4-6-19(21)24-22/h4-14H,3H2,1-2H3. The predicted molar refractivity (Wildman–Crippen MR) is 107 cm³/mol. The number of carbonyl (C=O) groups excluding carboxylic acids is 1. The zero-order valence-electron chi connectivity index (χ0n) is 15.6. The zero-order valence-corrected chi connectivity index (χ0v) is 15.6. The van der Waals surface area contributed by atoms with Crippen molar-refractivity contribution in [2.45, 2.75) is 6.92 Å². The first-order valence-electron chi connectivity index (χ1n) is 9.01. The van der Waals surface area contributed by atoms with E-state index >= 15 is 0 Å². The maximum absolute atomic E-state index is 11.9. The van der Waals surface area contributed by atoms with Crippen LogP contribution in [0.15, 0.2) is 71.7 Å². The van der Waals surface area contributed by atoms with Gasteiger partial charge in [-0.15, -0.1) is 0 Å². The second-order valence-electron chi connectivity index (χ2n) is 6.19. The molecule has 140 valence electrons. The Morgan fingerprint density at radius 2 is 1.79 bits per heavy atom. The van der Waals surface area contributed by atoms with Gasteiger partial charge in [0.1, 0.15) is 17.2 Å². The summed E-state index contributed by atoms with van der Waals surface area (Å²) in [6.07, 6.45) is 0. The molecule has 0 saturated heterocycles. The van der Waals surface area contributed by atoms with E-state index in [0.29, 0.717) is 29.4 Å². The van der Waals surface area contributed by atoms with Gasteiger partial charge in [0, 0.05) is 11.1 Å². The third kappa shape index (κ3) is 3.34. The Balaban J connectivity index is 1.84. The van der Waals surface area contributed by atoms with Crippen LogP contribution in [-0.2, 0) is 4.74 Å². The summed E-state index contributed by atoms with van der Waals surface area (Å²) in [5, 5.41) is 0. The van der Waals surface area contributed by atoms with Crippen molar-refractivity contribution in [3.05, 3.63) is 83.4 Å². The van der Waals surface area contributed by atoms with E-state index in [1.807, 2.05) is 54.6 Å². The number of ether oxygens (including phenoxy) is 3. The van der Waals surface area contributed by atoms with Gasteiger partial charge in [-0.05, 0) is 49.4 Å². The van der Waals surface area contributed by atoms with E-state index in [9.17, 15) is 4.79 Å². The second-order valence-corrected chi connectivity index (χ2v) is 6.19. The van der Waals surface area contributed by atoms with Crippen molar-refractivity contribution >= 4 is 17.4 Å². The molecular formula is C23H19NO4. The summed E-state index contributed by atoms with van der Waals surface area (Å²) < 4.78 is 16.6. The highest BCUT2D eigenvalue weighted by atomic mass is 16.5. The van der Waals surface area contributed by atoms with Crippen LogP contribution in [0.25, 0.3) is 0 Å². The Hall–Kier alpha value is -3.60. The number of rotatable bonds is 4. The molecule has 0 N–H and O–H groups in total. The Morgan fingerprint density at radius 1 is 1.00 bits per heavy atom. The van der Waals surface area contributed by atoms with E-state index in [1.165, 1.54) is 0 Å². The minimum atomic E-state index is -0.340. The average molecular weight is 373 g/mol. The molecule has 0 aromatic heterocycles. The van der Waals surface area contributed by atoms with Crippen molar-refractivity contribution in [3.63, 3.8) is 0 Å². The van der Waals surface area contributed by atoms with Crippen LogP contribution in [0.4, 0.5) is 5.69 Å². The molecule has 1 heterocycles. The van der Waals surface area contributed by atoms with Crippen molar-refractivity contribution in [1.82, 2.24) is 0 Å². The molecule has 3 aromatic rings. The van der Waals surface area contributed by atoms with Gasteiger partial charge in [0.25, 0.3) is 0 Å². The first-order chi connectivity index (χ1) is 13.7. The molecule has 3 aromatic carbocycles. The quantitative estimate of drug-likeness (QED) is 0.464. The van der Waals surface area contributed by atoms with Crippen LogP contribution < -0.4 is 9.47 Å². The van der Waals surface area contributed by atoms with Gasteiger partial charge in [0.05, 0.1) is 25.0 Å². The number of methoxy groups -OCH3 is 1. The molecule has 0 radical (unpaired) electrons. The molecule has 0 aliphatic carbocycles. The average Bonchev–Trinajstić information content (AvgIpc) is 2.90. The van der Waals surface area contributed by atoms with Gasteiger partial charge in [-0.3, -0.25) is 0 Å². The summed E-state index contributed by atoms with van der Waals surface area (Å²) >= 11 is 0. The fraction of sp³-hybridized carbons (Fsp3) is 0.130. The van der Waals surface area contributed by atoms with E-state index < -0.39 is 0 Å². The number of hydrogen-bond donors (Lipinski definition) is 0. The Bertz CT molecular complexity index is 1050. The lowest BCUT2D eigenvalue weighted by Gasteiger charge is -2.12. The van der Waals surface area contributed by atoms with E-state index in [-0.39, 0.29) is 5.97 Å². The van der Waals surface area contributed by atoms with Crippen LogP contribution in [0.5, 0.6) is 17.2 Å². The van der Waals surface area contributed by atoms with Crippen LogP contribution in [0, 0.1) is 0 Å². The maximum Gasteiger partial charge on any atom is 0.338 e. The molecule has 0 bridgehead atoms. The van der Waals surface area contributed by atoms with Crippen molar-refractivity contribution in [1.29, 1.82) is 0 Å². The summed E-state index contributed by atoms with van der Waals surface area (Å²) in [5.41, 5.74) is 3.67. The summed E-state index contributed by atoms with van der Waals surface area (Å²) in [6, 6.07) is 20.5. The molecular weight excluding hydrogens is 354 g/mol. The molecule has 1 aliphatic heterocycles. The highest BCUT2D eigenvalue weighted by Gasteiger charge is 2.20. The molecule has 0 atom stereocenters. The van der Waals surface area contributed by atoms with Gasteiger partial charge >= 0.3 is 5.97 Å². The number of fused-ring (bicyclic) bond motifs is 2. The van der Waals surface area contributed by atoms with Gasteiger partial charge < -0.3 is 14.2 Å². The first-order valence-corrected chi connectivity index (χ1v) is 9.01. The fourth-order valence-electron chi connectivity index (χ4n) is 3.04. The molecule has 1 aliphatic rings. The van der Waals surface area contributed by atoms with Crippen LogP contribution in [0.3, 0.4) is 0 Å². The molecule has 0 amide bonds. The summed E-state index contributed by atoms with van der Waals surface area (Å²) in [6.45, 7) is 2.13. The van der Waals surface area contributed by atoms with Crippen molar-refractivity contribution in [2.75, 3.05) is 13.7 Å². The van der Waals surface area contributed by atoms with Gasteiger partial charge in [0.15, 0.2) is 5.75 Å². The molecule has 0 fully saturated rings. The minimum absolute atomic E-state index is 0.340. The molecule has 5 heteroatoms. The normalized spacial score (nSPS) is 12.0. The summed E-state index contributed by atoms with van der Waals surface area (Å²) in [4.78, 5) is 16.8. The number of para-hydroxylation sites is 2. The number of benzene rings is 3. The highest BCUT2D eigenvalue weighted by Crippen LogP contribution is 2.39. The van der Waals surface area contributed by atoms with Gasteiger partial charge in [-0.1, -0.05) is 24.3 Å². The Morgan fingerprint density at radius 3 is 2.54 bits per heavy atom. The number of nitrogens with zero attached hydrogens (tertiary/aromatic N) is 1. The van der Waals surface area contributed by atoms with Crippen LogP contribution >= 0.6 is 0 Å². The van der Waals surface area contributed by atoms with Crippen molar-refractivity contribution in [3.8, 4) is 17.2 Å². The molecule has 0 unspecified atom stereocenters. The van der Waals surface area contributed by atoms with Gasteiger partial charge in [0.2, 0.25) is 0 Å². The van der Waals surface area contributed by atoms with E-state index in [1.54, 1.807) is 26.2 Å². The van der Waals surface area contributed by atoms with Crippen molar-refractivity contribution in [2.24, 2.45) is 4.99 Å². The Labute approximate surface area is 163 Å². The van der Waals surface area contributed by atoms with Gasteiger partial charge in [-0.25, -0.2) is 9.79 Å². The first kappa shape index (κ1) is 17.8. The Kier molecular flexibility index (Phi) is 4.81. The maximum atomic E-state index is 11.9. The van der Waals surface area contributed by atoms with E-state index in [0.717, 1.165) is 22.5 Å².